The van der Waals surface area contributed by atoms with Gasteiger partial charge in [0.15, 0.2) is 0 Å². The third-order valence-corrected chi connectivity index (χ3v) is 2.75. The molecule has 0 bridgehead atoms. The summed E-state index contributed by atoms with van der Waals surface area (Å²) in [6, 6.07) is 0. The van der Waals surface area contributed by atoms with Gasteiger partial charge in [0.2, 0.25) is 0 Å². The molecule has 1 rings (SSSR count). The molecule has 4 heteroatoms. The maximum atomic E-state index is 9.30. The number of aliphatic hydroxyl groups excluding tert-OH is 1. The molecule has 0 fully saturated rings. The lowest BCUT2D eigenvalue weighted by Gasteiger charge is -2.05. The summed E-state index contributed by atoms with van der Waals surface area (Å²) in [5, 5.41) is 20.0. The van der Waals surface area contributed by atoms with Crippen LogP contribution in [0.25, 0.3) is 0 Å². The molecule has 3 nitrogen and oxygen atoms in total. The van der Waals surface area contributed by atoms with Crippen LogP contribution < -0.4 is 5.73 Å². The van der Waals surface area contributed by atoms with E-state index in [1.54, 1.807) is 12.3 Å². The fraction of sp³-hybridized carbons (Fsp3) is 0.429. The summed E-state index contributed by atoms with van der Waals surface area (Å²) in [7, 11) is 0. The summed E-state index contributed by atoms with van der Waals surface area (Å²) in [5.74, 6) is 0.234. The number of hydrogen-bond donors (Lipinski definition) is 3. The quantitative estimate of drug-likeness (QED) is 0.618. The minimum Gasteiger partial charge on any atom is -0.507 e. The number of nitrogens with two attached hydrogens (primary N) is 1. The minimum absolute atomic E-state index is 0.195. The van der Waals surface area contributed by atoms with Crippen molar-refractivity contribution in [1.82, 2.24) is 0 Å². The van der Waals surface area contributed by atoms with E-state index in [1.807, 2.05) is 0 Å². The van der Waals surface area contributed by atoms with E-state index >= 15 is 0 Å². The molecule has 0 saturated heterocycles. The lowest BCUT2D eigenvalue weighted by atomic mass is 10.2. The number of rotatable bonds is 2. The predicted octanol–water partition coefficient (Wildman–Crippen LogP) is 0.754. The first kappa shape index (κ1) is 8.52. The van der Waals surface area contributed by atoms with Crippen LogP contribution in [0.2, 0.25) is 0 Å². The van der Waals surface area contributed by atoms with Crippen LogP contribution >= 0.6 is 11.3 Å². The normalized spacial score (nSPS) is 13.4. The van der Waals surface area contributed by atoms with E-state index in [4.69, 9.17) is 10.8 Å². The molecule has 0 saturated carbocycles. The van der Waals surface area contributed by atoms with E-state index in [0.717, 1.165) is 10.4 Å². The summed E-state index contributed by atoms with van der Waals surface area (Å²) in [4.78, 5) is 0.755. The highest BCUT2D eigenvalue weighted by molar-refractivity contribution is 7.10. The maximum absolute atomic E-state index is 9.30. The predicted molar refractivity (Wildman–Crippen MR) is 44.7 cm³/mol. The van der Waals surface area contributed by atoms with Crippen molar-refractivity contribution in [1.29, 1.82) is 0 Å². The average molecular weight is 173 g/mol. The van der Waals surface area contributed by atoms with Gasteiger partial charge in [-0.3, -0.25) is 0 Å². The van der Waals surface area contributed by atoms with Crippen LogP contribution in [0, 0.1) is 6.92 Å². The highest BCUT2D eigenvalue weighted by Crippen LogP contribution is 2.31. The molecule has 0 radical (unpaired) electrons. The average Bonchev–Trinajstić information content (AvgIpc) is 2.32. The molecule has 1 aromatic heterocycles. The van der Waals surface area contributed by atoms with E-state index in [1.165, 1.54) is 11.3 Å². The van der Waals surface area contributed by atoms with Gasteiger partial charge in [0.1, 0.15) is 11.9 Å². The Morgan fingerprint density at radius 3 is 2.73 bits per heavy atom. The van der Waals surface area contributed by atoms with Gasteiger partial charge in [-0.2, -0.15) is 0 Å². The molecule has 0 aliphatic rings. The van der Waals surface area contributed by atoms with Crippen LogP contribution in [0.5, 0.6) is 5.75 Å². The molecule has 1 atom stereocenters. The summed E-state index contributed by atoms with van der Waals surface area (Å²) in [5.41, 5.74) is 5.99. The molecule has 4 N–H and O–H groups in total. The smallest absolute Gasteiger partial charge is 0.129 e. The van der Waals surface area contributed by atoms with Crippen molar-refractivity contribution in [3.63, 3.8) is 0 Å². The zero-order valence-electron chi connectivity index (χ0n) is 6.24. The molecule has 0 amide bonds. The van der Waals surface area contributed by atoms with Gasteiger partial charge in [0, 0.05) is 22.4 Å². The SMILES string of the molecule is Cc1c(O)csc1C(O)CN. The van der Waals surface area contributed by atoms with Crippen molar-refractivity contribution in [2.75, 3.05) is 6.54 Å². The largest absolute Gasteiger partial charge is 0.507 e. The van der Waals surface area contributed by atoms with E-state index in [9.17, 15) is 5.11 Å². The maximum Gasteiger partial charge on any atom is 0.129 e. The molecule has 1 heterocycles. The van der Waals surface area contributed by atoms with Crippen LogP contribution in [0.3, 0.4) is 0 Å². The molecule has 0 spiro atoms. The molecule has 0 aliphatic heterocycles. The number of aromatic hydroxyl groups is 1. The zero-order valence-corrected chi connectivity index (χ0v) is 7.06. The third kappa shape index (κ3) is 1.53. The van der Waals surface area contributed by atoms with Gasteiger partial charge in [0.05, 0.1) is 0 Å². The topological polar surface area (TPSA) is 66.5 Å². The highest BCUT2D eigenvalue weighted by Gasteiger charge is 2.12. The summed E-state index contributed by atoms with van der Waals surface area (Å²) < 4.78 is 0. The van der Waals surface area contributed by atoms with Gasteiger partial charge in [-0.05, 0) is 6.92 Å². The van der Waals surface area contributed by atoms with E-state index < -0.39 is 6.10 Å². The van der Waals surface area contributed by atoms with Gasteiger partial charge in [0.25, 0.3) is 0 Å². The van der Waals surface area contributed by atoms with Gasteiger partial charge in [-0.25, -0.2) is 0 Å². The Hall–Kier alpha value is -0.580. The molecule has 62 valence electrons. The van der Waals surface area contributed by atoms with Crippen molar-refractivity contribution in [2.24, 2.45) is 5.73 Å². The Kier molecular flexibility index (Phi) is 2.49. The number of aliphatic hydroxyl groups is 1. The monoisotopic (exact) mass is 173 g/mol. The van der Waals surface area contributed by atoms with E-state index in [2.05, 4.69) is 0 Å². The second kappa shape index (κ2) is 3.21. The van der Waals surface area contributed by atoms with Gasteiger partial charge < -0.3 is 15.9 Å². The molecule has 11 heavy (non-hydrogen) atoms. The van der Waals surface area contributed by atoms with Crippen molar-refractivity contribution >= 4 is 11.3 Å². The Morgan fingerprint density at radius 1 is 1.73 bits per heavy atom. The first-order valence-corrected chi connectivity index (χ1v) is 4.20. The third-order valence-electron chi connectivity index (χ3n) is 1.58. The van der Waals surface area contributed by atoms with E-state index in [0.29, 0.717) is 0 Å². The number of hydrogen-bond acceptors (Lipinski definition) is 4. The first-order chi connectivity index (χ1) is 5.16. The van der Waals surface area contributed by atoms with Gasteiger partial charge >= 0.3 is 0 Å². The molecule has 1 unspecified atom stereocenters. The van der Waals surface area contributed by atoms with Crippen LogP contribution in [0.1, 0.15) is 16.5 Å². The Morgan fingerprint density at radius 2 is 2.36 bits per heavy atom. The lowest BCUT2D eigenvalue weighted by Crippen LogP contribution is -2.10. The van der Waals surface area contributed by atoms with Crippen molar-refractivity contribution in [2.45, 2.75) is 13.0 Å². The molecule has 0 aromatic carbocycles. The van der Waals surface area contributed by atoms with Crippen LogP contribution in [-0.2, 0) is 0 Å². The standard InChI is InChI=1S/C7H11NO2S/c1-4-6(10)3-11-7(4)5(9)2-8/h3,5,9-10H,2,8H2,1H3. The van der Waals surface area contributed by atoms with E-state index in [-0.39, 0.29) is 12.3 Å². The summed E-state index contributed by atoms with van der Waals surface area (Å²) in [6.45, 7) is 1.96. The summed E-state index contributed by atoms with van der Waals surface area (Å²) in [6.07, 6.45) is -0.638. The second-order valence-electron chi connectivity index (χ2n) is 2.36. The molecule has 0 aliphatic carbocycles. The number of thiophene rings is 1. The van der Waals surface area contributed by atoms with Crippen LogP contribution in [0.4, 0.5) is 0 Å². The highest BCUT2D eigenvalue weighted by atomic mass is 32.1. The van der Waals surface area contributed by atoms with Crippen molar-refractivity contribution in [3.8, 4) is 5.75 Å². The lowest BCUT2D eigenvalue weighted by molar-refractivity contribution is 0.189. The van der Waals surface area contributed by atoms with Crippen molar-refractivity contribution < 1.29 is 10.2 Å². The Balaban J connectivity index is 2.94. The molecular weight excluding hydrogens is 162 g/mol. The molecule has 1 aromatic rings. The first-order valence-electron chi connectivity index (χ1n) is 3.32. The fourth-order valence-corrected chi connectivity index (χ4v) is 1.81. The van der Waals surface area contributed by atoms with Gasteiger partial charge in [-0.15, -0.1) is 11.3 Å². The van der Waals surface area contributed by atoms with Crippen LogP contribution in [0.15, 0.2) is 5.38 Å². The second-order valence-corrected chi connectivity index (χ2v) is 3.27. The van der Waals surface area contributed by atoms with Crippen molar-refractivity contribution in [3.05, 3.63) is 15.8 Å². The molecular formula is C7H11NO2S. The zero-order chi connectivity index (χ0) is 8.43. The van der Waals surface area contributed by atoms with Gasteiger partial charge in [-0.1, -0.05) is 0 Å². The Labute approximate surface area is 69.1 Å². The minimum atomic E-state index is -0.638. The summed E-state index contributed by atoms with van der Waals surface area (Å²) >= 11 is 1.33. The van der Waals surface area contributed by atoms with Crippen LogP contribution in [-0.4, -0.2) is 16.8 Å². The fourth-order valence-electron chi connectivity index (χ4n) is 0.858. The Bertz CT molecular complexity index is 247.